The lowest BCUT2D eigenvalue weighted by molar-refractivity contribution is 0.0843. The molecule has 1 heterocycles. The van der Waals surface area contributed by atoms with Crippen molar-refractivity contribution in [3.8, 4) is 0 Å². The second kappa shape index (κ2) is 7.63. The minimum absolute atomic E-state index is 0.156. The fourth-order valence-electron chi connectivity index (χ4n) is 3.23. The van der Waals surface area contributed by atoms with Crippen LogP contribution in [0.2, 0.25) is 0 Å². The van der Waals surface area contributed by atoms with Gasteiger partial charge in [-0.1, -0.05) is 66.7 Å². The van der Waals surface area contributed by atoms with Gasteiger partial charge in [-0.2, -0.15) is 0 Å². The van der Waals surface area contributed by atoms with Gasteiger partial charge in [0.25, 0.3) is 0 Å². The molecule has 0 N–H and O–H groups in total. The van der Waals surface area contributed by atoms with Crippen LogP contribution in [0.15, 0.2) is 84.0 Å². The average Bonchev–Trinajstić information content (AvgIpc) is 3.54. The number of hydrogen-bond acceptors (Lipinski definition) is 3. The molecule has 0 saturated heterocycles. The van der Waals surface area contributed by atoms with E-state index < -0.39 is 0 Å². The predicted molar refractivity (Wildman–Crippen MR) is 105 cm³/mol. The van der Waals surface area contributed by atoms with Crippen molar-refractivity contribution < 1.29 is 4.74 Å². The van der Waals surface area contributed by atoms with Gasteiger partial charge in [-0.05, 0) is 30.4 Å². The third-order valence-corrected chi connectivity index (χ3v) is 4.72. The second-order valence-electron chi connectivity index (χ2n) is 6.64. The number of benzene rings is 2. The SMILES string of the molecule is COC(c1ccc(N=C(c2ccccc2)c2ccccc2)nc1)C1CC1. The van der Waals surface area contributed by atoms with Gasteiger partial charge >= 0.3 is 0 Å². The molecule has 4 rings (SSSR count). The summed E-state index contributed by atoms with van der Waals surface area (Å²) in [6.07, 6.45) is 4.54. The molecule has 1 fully saturated rings. The second-order valence-corrected chi connectivity index (χ2v) is 6.64. The molecular formula is C23H22N2O. The van der Waals surface area contributed by atoms with E-state index in [1.165, 1.54) is 12.8 Å². The summed E-state index contributed by atoms with van der Waals surface area (Å²) in [4.78, 5) is 9.43. The van der Waals surface area contributed by atoms with Crippen LogP contribution in [0.3, 0.4) is 0 Å². The molecule has 1 atom stereocenters. The number of hydrogen-bond donors (Lipinski definition) is 0. The van der Waals surface area contributed by atoms with Gasteiger partial charge in [-0.25, -0.2) is 9.98 Å². The Balaban J connectivity index is 1.68. The van der Waals surface area contributed by atoms with Crippen LogP contribution in [0, 0.1) is 5.92 Å². The first kappa shape index (κ1) is 16.7. The number of pyridine rings is 1. The first-order chi connectivity index (χ1) is 12.8. The monoisotopic (exact) mass is 342 g/mol. The van der Waals surface area contributed by atoms with Crippen molar-refractivity contribution >= 4 is 11.5 Å². The maximum Gasteiger partial charge on any atom is 0.152 e. The predicted octanol–water partition coefficient (Wildman–Crippen LogP) is 5.35. The van der Waals surface area contributed by atoms with Crippen molar-refractivity contribution in [2.24, 2.45) is 10.9 Å². The van der Waals surface area contributed by atoms with Crippen LogP contribution in [-0.4, -0.2) is 17.8 Å². The molecule has 1 saturated carbocycles. The zero-order valence-corrected chi connectivity index (χ0v) is 14.9. The minimum atomic E-state index is 0.156. The van der Waals surface area contributed by atoms with Gasteiger partial charge < -0.3 is 4.74 Å². The molecule has 0 bridgehead atoms. The fraction of sp³-hybridized carbons (Fsp3) is 0.217. The Kier molecular flexibility index (Phi) is 4.89. The summed E-state index contributed by atoms with van der Waals surface area (Å²) < 4.78 is 5.64. The van der Waals surface area contributed by atoms with Crippen LogP contribution < -0.4 is 0 Å². The maximum atomic E-state index is 5.64. The highest BCUT2D eigenvalue weighted by atomic mass is 16.5. The minimum Gasteiger partial charge on any atom is -0.376 e. The molecule has 1 aliphatic rings. The Morgan fingerprint density at radius 2 is 1.54 bits per heavy atom. The number of methoxy groups -OCH3 is 1. The van der Waals surface area contributed by atoms with Crippen molar-refractivity contribution in [3.63, 3.8) is 0 Å². The summed E-state index contributed by atoms with van der Waals surface area (Å²) in [7, 11) is 1.78. The lowest BCUT2D eigenvalue weighted by Crippen LogP contribution is -2.05. The summed E-state index contributed by atoms with van der Waals surface area (Å²) in [6.45, 7) is 0. The number of nitrogens with zero attached hydrogens (tertiary/aromatic N) is 2. The van der Waals surface area contributed by atoms with E-state index in [4.69, 9.17) is 9.73 Å². The van der Waals surface area contributed by atoms with Crippen molar-refractivity contribution in [2.75, 3.05) is 7.11 Å². The standard InChI is InChI=1S/C23H22N2O/c1-26-23(19-12-13-19)20-14-15-21(24-16-20)25-22(17-8-4-2-5-9-17)18-10-6-3-7-11-18/h2-11,14-16,19,23H,12-13H2,1H3. The van der Waals surface area contributed by atoms with Crippen molar-refractivity contribution in [1.29, 1.82) is 0 Å². The Hall–Kier alpha value is -2.78. The molecule has 1 aliphatic carbocycles. The van der Waals surface area contributed by atoms with E-state index in [1.54, 1.807) is 7.11 Å². The molecule has 2 aromatic carbocycles. The highest BCUT2D eigenvalue weighted by molar-refractivity contribution is 6.13. The topological polar surface area (TPSA) is 34.5 Å². The van der Waals surface area contributed by atoms with E-state index >= 15 is 0 Å². The molecule has 3 heteroatoms. The molecule has 130 valence electrons. The van der Waals surface area contributed by atoms with Crippen LogP contribution in [-0.2, 0) is 4.74 Å². The first-order valence-electron chi connectivity index (χ1n) is 9.03. The zero-order valence-electron chi connectivity index (χ0n) is 14.9. The molecule has 0 spiro atoms. The summed E-state index contributed by atoms with van der Waals surface area (Å²) in [5.74, 6) is 1.35. The van der Waals surface area contributed by atoms with Crippen LogP contribution in [0.1, 0.15) is 35.6 Å². The Bertz CT molecular complexity index is 828. The number of aromatic nitrogens is 1. The van der Waals surface area contributed by atoms with Gasteiger partial charge in [0.2, 0.25) is 0 Å². The number of ether oxygens (including phenoxy) is 1. The maximum absolute atomic E-state index is 5.64. The van der Waals surface area contributed by atoms with Gasteiger partial charge in [-0.3, -0.25) is 0 Å². The normalized spacial score (nSPS) is 14.7. The molecule has 3 nitrogen and oxygen atoms in total. The molecule has 0 radical (unpaired) electrons. The van der Waals surface area contributed by atoms with Crippen LogP contribution in [0.4, 0.5) is 5.82 Å². The van der Waals surface area contributed by atoms with Crippen molar-refractivity contribution in [3.05, 3.63) is 95.7 Å². The largest absolute Gasteiger partial charge is 0.376 e. The van der Waals surface area contributed by atoms with Gasteiger partial charge in [-0.15, -0.1) is 0 Å². The summed E-state index contributed by atoms with van der Waals surface area (Å²) in [6, 6.07) is 24.5. The quantitative estimate of drug-likeness (QED) is 0.566. The van der Waals surface area contributed by atoms with Crippen LogP contribution >= 0.6 is 0 Å². The van der Waals surface area contributed by atoms with Gasteiger partial charge in [0, 0.05) is 24.4 Å². The number of aliphatic imine (C=N–C) groups is 1. The van der Waals surface area contributed by atoms with E-state index in [2.05, 4.69) is 35.3 Å². The Morgan fingerprint density at radius 3 is 2.00 bits per heavy atom. The van der Waals surface area contributed by atoms with Gasteiger partial charge in [0.15, 0.2) is 5.82 Å². The lowest BCUT2D eigenvalue weighted by Gasteiger charge is -2.14. The fourth-order valence-corrected chi connectivity index (χ4v) is 3.23. The smallest absolute Gasteiger partial charge is 0.152 e. The third-order valence-electron chi connectivity index (χ3n) is 4.72. The van der Waals surface area contributed by atoms with Crippen LogP contribution in [0.5, 0.6) is 0 Å². The van der Waals surface area contributed by atoms with Gasteiger partial charge in [0.1, 0.15) is 0 Å². The van der Waals surface area contributed by atoms with Gasteiger partial charge in [0.05, 0.1) is 11.8 Å². The lowest BCUT2D eigenvalue weighted by atomic mass is 10.0. The first-order valence-corrected chi connectivity index (χ1v) is 9.03. The molecule has 0 amide bonds. The molecular weight excluding hydrogens is 320 g/mol. The molecule has 3 aromatic rings. The highest BCUT2D eigenvalue weighted by Gasteiger charge is 2.32. The van der Waals surface area contributed by atoms with Crippen molar-refractivity contribution in [2.45, 2.75) is 18.9 Å². The number of rotatable bonds is 6. The van der Waals surface area contributed by atoms with E-state index in [1.807, 2.05) is 48.7 Å². The molecule has 0 aliphatic heterocycles. The summed E-state index contributed by atoms with van der Waals surface area (Å²) in [5, 5.41) is 0. The van der Waals surface area contributed by atoms with Crippen molar-refractivity contribution in [1.82, 2.24) is 4.98 Å². The Morgan fingerprint density at radius 1 is 0.923 bits per heavy atom. The molecule has 26 heavy (non-hydrogen) atoms. The Labute approximate surface area is 154 Å². The van der Waals surface area contributed by atoms with E-state index in [0.29, 0.717) is 11.7 Å². The molecule has 1 unspecified atom stereocenters. The summed E-state index contributed by atoms with van der Waals surface area (Å²) in [5.41, 5.74) is 4.22. The van der Waals surface area contributed by atoms with E-state index in [-0.39, 0.29) is 6.10 Å². The zero-order chi connectivity index (χ0) is 17.8. The van der Waals surface area contributed by atoms with E-state index in [9.17, 15) is 0 Å². The highest BCUT2D eigenvalue weighted by Crippen LogP contribution is 2.42. The van der Waals surface area contributed by atoms with E-state index in [0.717, 1.165) is 22.4 Å². The third kappa shape index (κ3) is 3.73. The molecule has 1 aromatic heterocycles. The average molecular weight is 342 g/mol. The van der Waals surface area contributed by atoms with Crippen LogP contribution in [0.25, 0.3) is 0 Å². The summed E-state index contributed by atoms with van der Waals surface area (Å²) >= 11 is 0.